The van der Waals surface area contributed by atoms with Gasteiger partial charge in [0.1, 0.15) is 5.75 Å². The predicted octanol–water partition coefficient (Wildman–Crippen LogP) is 3.25. The summed E-state index contributed by atoms with van der Waals surface area (Å²) in [6.07, 6.45) is 1.000. The molecule has 0 amide bonds. The highest BCUT2D eigenvalue weighted by molar-refractivity contribution is 7.99. The Balaban J connectivity index is 2.39. The first-order valence-corrected chi connectivity index (χ1v) is 7.06. The first-order chi connectivity index (χ1) is 8.13. The number of hydrogen-bond acceptors (Lipinski definition) is 3. The smallest absolute Gasteiger partial charge is 0.170 e. The van der Waals surface area contributed by atoms with E-state index in [4.69, 9.17) is 4.74 Å². The van der Waals surface area contributed by atoms with Gasteiger partial charge in [-0.05, 0) is 43.2 Å². The van der Waals surface area contributed by atoms with Gasteiger partial charge in [0.25, 0.3) is 0 Å². The molecular formula is C14H18O2S. The third-order valence-corrected chi connectivity index (χ3v) is 4.37. The normalized spacial score (nSPS) is 19.4. The number of thioether (sulfide) groups is 1. The number of aryl methyl sites for hydroxylation is 2. The summed E-state index contributed by atoms with van der Waals surface area (Å²) < 4.78 is 5.36. The molecule has 17 heavy (non-hydrogen) atoms. The lowest BCUT2D eigenvalue weighted by Crippen LogP contribution is -2.16. The number of methoxy groups -OCH3 is 1. The molecular weight excluding hydrogens is 232 g/mol. The van der Waals surface area contributed by atoms with E-state index in [-0.39, 0.29) is 11.7 Å². The Morgan fingerprint density at radius 3 is 2.76 bits per heavy atom. The van der Waals surface area contributed by atoms with Crippen LogP contribution in [0.25, 0.3) is 0 Å². The van der Waals surface area contributed by atoms with Crippen LogP contribution in [0.4, 0.5) is 0 Å². The zero-order valence-corrected chi connectivity index (χ0v) is 11.4. The average Bonchev–Trinajstić information content (AvgIpc) is 2.80. The zero-order chi connectivity index (χ0) is 12.4. The van der Waals surface area contributed by atoms with Gasteiger partial charge in [-0.2, -0.15) is 11.8 Å². The quantitative estimate of drug-likeness (QED) is 0.770. The van der Waals surface area contributed by atoms with Crippen molar-refractivity contribution in [2.75, 3.05) is 18.6 Å². The van der Waals surface area contributed by atoms with Crippen molar-refractivity contribution in [2.24, 2.45) is 5.92 Å². The number of ketones is 1. The molecule has 2 rings (SSSR count). The minimum atomic E-state index is 0.176. The van der Waals surface area contributed by atoms with Crippen LogP contribution in [-0.2, 0) is 0 Å². The van der Waals surface area contributed by atoms with E-state index in [9.17, 15) is 4.79 Å². The maximum Gasteiger partial charge on any atom is 0.170 e. The second-order valence-corrected chi connectivity index (χ2v) is 5.73. The molecule has 0 aliphatic carbocycles. The van der Waals surface area contributed by atoms with Gasteiger partial charge in [0.15, 0.2) is 5.78 Å². The number of Topliss-reactive ketones (excluding diaryl/α,β-unsaturated/α-hetero) is 1. The SMILES string of the molecule is COc1cc(C)cc(C)c1C(=O)C1CCSC1. The monoisotopic (exact) mass is 250 g/mol. The van der Waals surface area contributed by atoms with Crippen molar-refractivity contribution >= 4 is 17.5 Å². The fraction of sp³-hybridized carbons (Fsp3) is 0.500. The molecule has 0 radical (unpaired) electrons. The van der Waals surface area contributed by atoms with Crippen LogP contribution in [0.15, 0.2) is 12.1 Å². The first kappa shape index (κ1) is 12.5. The van der Waals surface area contributed by atoms with E-state index in [0.29, 0.717) is 0 Å². The fourth-order valence-corrected chi connectivity index (χ4v) is 3.57. The molecule has 3 heteroatoms. The van der Waals surface area contributed by atoms with Crippen molar-refractivity contribution < 1.29 is 9.53 Å². The van der Waals surface area contributed by atoms with E-state index >= 15 is 0 Å². The summed E-state index contributed by atoms with van der Waals surface area (Å²) in [7, 11) is 1.63. The molecule has 0 N–H and O–H groups in total. The van der Waals surface area contributed by atoms with Crippen LogP contribution < -0.4 is 4.74 Å². The molecule has 1 aromatic rings. The molecule has 2 nitrogen and oxygen atoms in total. The molecule has 0 bridgehead atoms. The maximum atomic E-state index is 12.5. The summed E-state index contributed by atoms with van der Waals surface area (Å²) in [5.41, 5.74) is 2.95. The molecule has 1 saturated heterocycles. The number of benzene rings is 1. The van der Waals surface area contributed by atoms with Crippen LogP contribution in [-0.4, -0.2) is 24.4 Å². The average molecular weight is 250 g/mol. The Kier molecular flexibility index (Phi) is 3.77. The third kappa shape index (κ3) is 2.49. The van der Waals surface area contributed by atoms with Crippen molar-refractivity contribution in [3.63, 3.8) is 0 Å². The first-order valence-electron chi connectivity index (χ1n) is 5.90. The van der Waals surface area contributed by atoms with E-state index in [2.05, 4.69) is 6.07 Å². The molecule has 1 atom stereocenters. The van der Waals surface area contributed by atoms with E-state index in [1.54, 1.807) is 7.11 Å². The third-order valence-electron chi connectivity index (χ3n) is 3.21. The summed E-state index contributed by atoms with van der Waals surface area (Å²) >= 11 is 1.87. The molecule has 1 fully saturated rings. The molecule has 1 aliphatic heterocycles. The highest BCUT2D eigenvalue weighted by atomic mass is 32.2. The summed E-state index contributed by atoms with van der Waals surface area (Å²) in [5.74, 6) is 3.21. The lowest BCUT2D eigenvalue weighted by Gasteiger charge is -2.15. The van der Waals surface area contributed by atoms with Gasteiger partial charge in [-0.25, -0.2) is 0 Å². The van der Waals surface area contributed by atoms with Gasteiger partial charge >= 0.3 is 0 Å². The van der Waals surface area contributed by atoms with Gasteiger partial charge in [0, 0.05) is 11.7 Å². The number of carbonyl (C=O) groups is 1. The maximum absolute atomic E-state index is 12.5. The van der Waals surface area contributed by atoms with Crippen LogP contribution in [0.5, 0.6) is 5.75 Å². The van der Waals surface area contributed by atoms with Crippen molar-refractivity contribution in [3.8, 4) is 5.75 Å². The van der Waals surface area contributed by atoms with E-state index in [1.807, 2.05) is 31.7 Å². The molecule has 0 saturated carbocycles. The van der Waals surface area contributed by atoms with Crippen LogP contribution >= 0.6 is 11.8 Å². The lowest BCUT2D eigenvalue weighted by atomic mass is 9.92. The molecule has 0 spiro atoms. The van der Waals surface area contributed by atoms with Gasteiger partial charge in [-0.1, -0.05) is 6.07 Å². The Morgan fingerprint density at radius 1 is 1.41 bits per heavy atom. The summed E-state index contributed by atoms with van der Waals surface area (Å²) in [4.78, 5) is 12.5. The molecule has 1 heterocycles. The largest absolute Gasteiger partial charge is 0.496 e. The second-order valence-electron chi connectivity index (χ2n) is 4.58. The Hall–Kier alpha value is -0.960. The fourth-order valence-electron chi connectivity index (χ4n) is 2.35. The van der Waals surface area contributed by atoms with Gasteiger partial charge in [0.05, 0.1) is 12.7 Å². The van der Waals surface area contributed by atoms with Crippen LogP contribution in [0.2, 0.25) is 0 Å². The number of hydrogen-bond donors (Lipinski definition) is 0. The summed E-state index contributed by atoms with van der Waals surface area (Å²) in [6.45, 7) is 4.01. The van der Waals surface area contributed by atoms with E-state index in [1.165, 1.54) is 0 Å². The van der Waals surface area contributed by atoms with Gasteiger partial charge in [0.2, 0.25) is 0 Å². The van der Waals surface area contributed by atoms with Crippen LogP contribution in [0.1, 0.15) is 27.9 Å². The standard InChI is InChI=1S/C14H18O2S/c1-9-6-10(2)13(12(7-9)16-3)14(15)11-4-5-17-8-11/h6-7,11H,4-5,8H2,1-3H3. The highest BCUT2D eigenvalue weighted by Gasteiger charge is 2.27. The predicted molar refractivity (Wildman–Crippen MR) is 72.2 cm³/mol. The van der Waals surface area contributed by atoms with Gasteiger partial charge < -0.3 is 4.74 Å². The Morgan fingerprint density at radius 2 is 2.18 bits per heavy atom. The van der Waals surface area contributed by atoms with Crippen molar-refractivity contribution in [2.45, 2.75) is 20.3 Å². The zero-order valence-electron chi connectivity index (χ0n) is 10.6. The topological polar surface area (TPSA) is 26.3 Å². The Labute approximate surface area is 107 Å². The van der Waals surface area contributed by atoms with Crippen molar-refractivity contribution in [1.82, 2.24) is 0 Å². The minimum absolute atomic E-state index is 0.176. The van der Waals surface area contributed by atoms with Crippen LogP contribution in [0, 0.1) is 19.8 Å². The summed E-state index contributed by atoms with van der Waals surface area (Å²) in [6, 6.07) is 4.00. The minimum Gasteiger partial charge on any atom is -0.496 e. The van der Waals surface area contributed by atoms with Crippen molar-refractivity contribution in [1.29, 1.82) is 0 Å². The highest BCUT2D eigenvalue weighted by Crippen LogP contribution is 2.32. The van der Waals surface area contributed by atoms with E-state index in [0.717, 1.165) is 40.4 Å². The summed E-state index contributed by atoms with van der Waals surface area (Å²) in [5, 5.41) is 0. The molecule has 1 aliphatic rings. The number of carbonyl (C=O) groups excluding carboxylic acids is 1. The molecule has 1 unspecified atom stereocenters. The second kappa shape index (κ2) is 5.13. The lowest BCUT2D eigenvalue weighted by molar-refractivity contribution is 0.0930. The molecule has 0 aromatic heterocycles. The number of ether oxygens (including phenoxy) is 1. The number of rotatable bonds is 3. The van der Waals surface area contributed by atoms with Crippen molar-refractivity contribution in [3.05, 3.63) is 28.8 Å². The molecule has 92 valence electrons. The molecule has 1 aromatic carbocycles. The van der Waals surface area contributed by atoms with E-state index < -0.39 is 0 Å². The van der Waals surface area contributed by atoms with Gasteiger partial charge in [-0.3, -0.25) is 4.79 Å². The van der Waals surface area contributed by atoms with Gasteiger partial charge in [-0.15, -0.1) is 0 Å². The Bertz CT molecular complexity index is 434. The van der Waals surface area contributed by atoms with Crippen LogP contribution in [0.3, 0.4) is 0 Å².